The van der Waals surface area contributed by atoms with E-state index in [1.54, 1.807) is 0 Å². The van der Waals surface area contributed by atoms with E-state index in [2.05, 4.69) is 25.2 Å². The molecule has 1 aromatic heterocycles. The summed E-state index contributed by atoms with van der Waals surface area (Å²) in [6, 6.07) is 0.756. The van der Waals surface area contributed by atoms with Gasteiger partial charge >= 0.3 is 0 Å². The predicted octanol–water partition coefficient (Wildman–Crippen LogP) is 0.916. The Balaban J connectivity index is 0.00000192. The Kier molecular flexibility index (Phi) is 6.37. The molecule has 0 bridgehead atoms. The van der Waals surface area contributed by atoms with Crippen LogP contribution in [0.25, 0.3) is 0 Å². The molecular formula is C15H27N5O3. The lowest BCUT2D eigenvalue weighted by Gasteiger charge is -2.41. The third-order valence-corrected chi connectivity index (χ3v) is 4.80. The second kappa shape index (κ2) is 8.28. The number of nitrogens with one attached hydrogen (secondary N) is 1. The molecule has 130 valence electrons. The van der Waals surface area contributed by atoms with Gasteiger partial charge in [-0.05, 0) is 12.8 Å². The van der Waals surface area contributed by atoms with Crippen LogP contribution in [0.3, 0.4) is 0 Å². The lowest BCUT2D eigenvalue weighted by atomic mass is 9.94. The van der Waals surface area contributed by atoms with Gasteiger partial charge in [-0.2, -0.15) is 4.98 Å². The highest BCUT2D eigenvalue weighted by Gasteiger charge is 2.27. The van der Waals surface area contributed by atoms with Crippen molar-refractivity contribution in [3.8, 4) is 5.88 Å². The summed E-state index contributed by atoms with van der Waals surface area (Å²) in [6.45, 7) is 3.90. The molecule has 8 nitrogen and oxygen atoms in total. The van der Waals surface area contributed by atoms with Crippen LogP contribution in [-0.4, -0.2) is 64.9 Å². The number of hydrogen-bond donors (Lipinski definition) is 2. The number of nitrogens with zero attached hydrogens (tertiary/aromatic N) is 4. The number of ether oxygens (including phenoxy) is 1. The Labute approximate surface area is 136 Å². The molecule has 2 fully saturated rings. The first kappa shape index (κ1) is 17.7. The average Bonchev–Trinajstić information content (AvgIpc) is 2.62. The van der Waals surface area contributed by atoms with Crippen LogP contribution in [0.15, 0.2) is 6.33 Å². The van der Waals surface area contributed by atoms with Crippen molar-refractivity contribution in [2.24, 2.45) is 0 Å². The van der Waals surface area contributed by atoms with Crippen LogP contribution in [0.4, 0.5) is 11.5 Å². The molecular weight excluding hydrogens is 298 g/mol. The van der Waals surface area contributed by atoms with Crippen molar-refractivity contribution in [3.05, 3.63) is 6.33 Å². The molecule has 0 radical (unpaired) electrons. The van der Waals surface area contributed by atoms with Gasteiger partial charge in [-0.1, -0.05) is 19.3 Å². The van der Waals surface area contributed by atoms with Crippen LogP contribution in [0.1, 0.15) is 32.1 Å². The second-order valence-corrected chi connectivity index (χ2v) is 6.01. The summed E-state index contributed by atoms with van der Waals surface area (Å²) in [5.41, 5.74) is 2.62. The van der Waals surface area contributed by atoms with Crippen LogP contribution in [0.2, 0.25) is 0 Å². The van der Waals surface area contributed by atoms with Gasteiger partial charge in [-0.3, -0.25) is 15.6 Å². The Bertz CT molecular complexity index is 488. The summed E-state index contributed by atoms with van der Waals surface area (Å²) in [5.74, 6) is 1.07. The minimum atomic E-state index is 0. The molecule has 23 heavy (non-hydrogen) atoms. The average molecular weight is 325 g/mol. The first-order valence-corrected chi connectivity index (χ1v) is 8.11. The monoisotopic (exact) mass is 325 g/mol. The molecule has 2 aliphatic rings. The van der Waals surface area contributed by atoms with Crippen molar-refractivity contribution in [2.75, 3.05) is 43.7 Å². The largest absolute Gasteiger partial charge is 0.479 e. The number of aromatic nitrogens is 2. The summed E-state index contributed by atoms with van der Waals surface area (Å²) in [5, 5.41) is 9.37. The zero-order valence-corrected chi connectivity index (χ0v) is 13.7. The van der Waals surface area contributed by atoms with Gasteiger partial charge in [0.15, 0.2) is 11.5 Å². The minimum absolute atomic E-state index is 0. The zero-order chi connectivity index (χ0) is 15.4. The van der Waals surface area contributed by atoms with Crippen LogP contribution in [0, 0.1) is 0 Å². The van der Waals surface area contributed by atoms with Crippen LogP contribution in [-0.2, 0) is 0 Å². The maximum absolute atomic E-state index is 9.37. The molecule has 1 saturated carbocycles. The van der Waals surface area contributed by atoms with E-state index in [1.807, 2.05) is 0 Å². The molecule has 1 saturated heterocycles. The highest BCUT2D eigenvalue weighted by Crippen LogP contribution is 2.31. The van der Waals surface area contributed by atoms with Crippen molar-refractivity contribution in [1.29, 1.82) is 0 Å². The Hall–Kier alpha value is -1.64. The molecule has 0 unspecified atom stereocenters. The molecule has 4 N–H and O–H groups in total. The summed E-state index contributed by atoms with van der Waals surface area (Å²) in [4.78, 5) is 13.1. The summed E-state index contributed by atoms with van der Waals surface area (Å²) in [6.07, 6.45) is 8.28. The third-order valence-electron chi connectivity index (χ3n) is 4.80. The number of hydrogen-bond acceptors (Lipinski definition) is 7. The van der Waals surface area contributed by atoms with Crippen molar-refractivity contribution >= 4 is 11.5 Å². The minimum Gasteiger partial charge on any atom is -0.479 e. The van der Waals surface area contributed by atoms with Crippen molar-refractivity contribution in [2.45, 2.75) is 38.1 Å². The Morgan fingerprint density at radius 3 is 2.43 bits per heavy atom. The quantitative estimate of drug-likeness (QED) is 0.793. The van der Waals surface area contributed by atoms with E-state index >= 15 is 0 Å². The summed E-state index contributed by atoms with van der Waals surface area (Å²) >= 11 is 0. The van der Waals surface area contributed by atoms with Crippen LogP contribution in [0.5, 0.6) is 5.88 Å². The topological polar surface area (TPSA) is 105 Å². The van der Waals surface area contributed by atoms with E-state index < -0.39 is 0 Å². The van der Waals surface area contributed by atoms with Gasteiger partial charge in [0.2, 0.25) is 5.88 Å². The fraction of sp³-hybridized carbons (Fsp3) is 0.733. The van der Waals surface area contributed by atoms with Crippen LogP contribution < -0.4 is 15.1 Å². The van der Waals surface area contributed by atoms with E-state index in [0.29, 0.717) is 17.4 Å². The van der Waals surface area contributed by atoms with Crippen molar-refractivity contribution < 1.29 is 15.4 Å². The second-order valence-electron chi connectivity index (χ2n) is 6.01. The van der Waals surface area contributed by atoms with E-state index in [9.17, 15) is 5.21 Å². The predicted molar refractivity (Wildman–Crippen MR) is 88.3 cm³/mol. The lowest BCUT2D eigenvalue weighted by Crippen LogP contribution is -2.51. The number of anilines is 2. The molecule has 1 aliphatic heterocycles. The highest BCUT2D eigenvalue weighted by atomic mass is 16.5. The molecule has 0 aromatic carbocycles. The fourth-order valence-electron chi connectivity index (χ4n) is 3.60. The van der Waals surface area contributed by atoms with E-state index in [0.717, 1.165) is 32.2 Å². The molecule has 8 heteroatoms. The number of rotatable bonds is 4. The number of methoxy groups -OCH3 is 1. The normalized spacial score (nSPS) is 20.0. The molecule has 1 aliphatic carbocycles. The molecule has 0 atom stereocenters. The molecule has 1 aromatic rings. The fourth-order valence-corrected chi connectivity index (χ4v) is 3.60. The van der Waals surface area contributed by atoms with E-state index in [4.69, 9.17) is 4.74 Å². The molecule has 0 spiro atoms. The van der Waals surface area contributed by atoms with Gasteiger partial charge < -0.3 is 15.1 Å². The highest BCUT2D eigenvalue weighted by molar-refractivity contribution is 5.69. The van der Waals surface area contributed by atoms with Gasteiger partial charge in [0.05, 0.1) is 7.11 Å². The van der Waals surface area contributed by atoms with Crippen molar-refractivity contribution in [1.82, 2.24) is 14.9 Å². The SMILES string of the molecule is COc1ncnc(N2CCN(C3CCCCC3)CC2)c1NO.O. The smallest absolute Gasteiger partial charge is 0.244 e. The van der Waals surface area contributed by atoms with E-state index in [1.165, 1.54) is 45.5 Å². The molecule has 2 heterocycles. The Morgan fingerprint density at radius 1 is 1.13 bits per heavy atom. The van der Waals surface area contributed by atoms with Gasteiger partial charge in [0.1, 0.15) is 6.33 Å². The van der Waals surface area contributed by atoms with Gasteiger partial charge in [-0.15, -0.1) is 0 Å². The third kappa shape index (κ3) is 3.82. The van der Waals surface area contributed by atoms with E-state index in [-0.39, 0.29) is 5.48 Å². The number of piperazine rings is 1. The van der Waals surface area contributed by atoms with Gasteiger partial charge in [-0.25, -0.2) is 4.98 Å². The summed E-state index contributed by atoms with van der Waals surface area (Å²) in [7, 11) is 1.54. The molecule has 0 amide bonds. The van der Waals surface area contributed by atoms with Gasteiger partial charge in [0.25, 0.3) is 0 Å². The zero-order valence-electron chi connectivity index (χ0n) is 13.7. The maximum Gasteiger partial charge on any atom is 0.244 e. The van der Waals surface area contributed by atoms with Crippen molar-refractivity contribution in [3.63, 3.8) is 0 Å². The first-order chi connectivity index (χ1) is 10.8. The lowest BCUT2D eigenvalue weighted by molar-refractivity contribution is 0.147. The van der Waals surface area contributed by atoms with Crippen LogP contribution >= 0.6 is 0 Å². The molecule has 3 rings (SSSR count). The standard InChI is InChI=1S/C15H25N5O2.H2O/c1-22-15-13(18-21)14(16-11-17-15)20-9-7-19(8-10-20)12-5-3-2-4-6-12;/h11-12,18,21H,2-10H2,1H3;1H2. The summed E-state index contributed by atoms with van der Waals surface area (Å²) < 4.78 is 5.17. The first-order valence-electron chi connectivity index (χ1n) is 8.11. The maximum atomic E-state index is 9.37. The Morgan fingerprint density at radius 2 is 1.83 bits per heavy atom. The van der Waals surface area contributed by atoms with Gasteiger partial charge in [0, 0.05) is 32.2 Å².